The second-order valence-corrected chi connectivity index (χ2v) is 8.21. The Morgan fingerprint density at radius 3 is 2.62 bits per heavy atom. The first-order chi connectivity index (χ1) is 16.6. The van der Waals surface area contributed by atoms with Crippen LogP contribution in [0.2, 0.25) is 0 Å². The monoisotopic (exact) mass is 455 g/mol. The number of unbranched alkanes of at least 4 members (excludes halogenated alkanes) is 1. The molecule has 0 saturated heterocycles. The summed E-state index contributed by atoms with van der Waals surface area (Å²) < 4.78 is 12.4. The molecule has 0 atom stereocenters. The molecule has 0 radical (unpaired) electrons. The zero-order valence-corrected chi connectivity index (χ0v) is 19.6. The molecule has 6 heteroatoms. The van der Waals surface area contributed by atoms with E-state index in [2.05, 4.69) is 36.5 Å². The quantitative estimate of drug-likeness (QED) is 0.305. The van der Waals surface area contributed by atoms with E-state index in [1.165, 1.54) is 0 Å². The molecule has 4 aromatic rings. The second kappa shape index (κ2) is 11.0. The van der Waals surface area contributed by atoms with Gasteiger partial charge in [-0.25, -0.2) is 4.98 Å². The number of oxazole rings is 1. The van der Waals surface area contributed by atoms with E-state index in [-0.39, 0.29) is 6.61 Å². The van der Waals surface area contributed by atoms with Crippen LogP contribution < -0.4 is 10.1 Å². The van der Waals surface area contributed by atoms with E-state index in [0.717, 1.165) is 44.6 Å². The molecule has 0 amide bonds. The van der Waals surface area contributed by atoms with Gasteiger partial charge in [-0.1, -0.05) is 42.5 Å². The smallest absolute Gasteiger partial charge is 0.227 e. The highest BCUT2D eigenvalue weighted by Gasteiger charge is 2.19. The second-order valence-electron chi connectivity index (χ2n) is 8.21. The number of aliphatic hydroxyl groups is 1. The van der Waals surface area contributed by atoms with Crippen molar-refractivity contribution < 1.29 is 14.3 Å². The number of hydrogen-bond donors (Lipinski definition) is 2. The van der Waals surface area contributed by atoms with Crippen LogP contribution >= 0.6 is 0 Å². The van der Waals surface area contributed by atoms with Gasteiger partial charge in [0.05, 0.1) is 19.3 Å². The summed E-state index contributed by atoms with van der Waals surface area (Å²) in [5.74, 6) is 1.32. The lowest BCUT2D eigenvalue weighted by Crippen LogP contribution is -2.18. The topological polar surface area (TPSA) is 91.3 Å². The molecule has 4 rings (SSSR count). The minimum atomic E-state index is 0.0602. The van der Waals surface area contributed by atoms with Gasteiger partial charge >= 0.3 is 0 Å². The van der Waals surface area contributed by atoms with Gasteiger partial charge in [-0.2, -0.15) is 5.26 Å². The van der Waals surface area contributed by atoms with Gasteiger partial charge in [0, 0.05) is 36.2 Å². The van der Waals surface area contributed by atoms with E-state index in [1.807, 2.05) is 43.3 Å². The van der Waals surface area contributed by atoms with Gasteiger partial charge in [0.2, 0.25) is 5.89 Å². The minimum absolute atomic E-state index is 0.0602. The number of nitrogens with one attached hydrogen (secondary N) is 1. The van der Waals surface area contributed by atoms with Crippen molar-refractivity contribution in [3.8, 4) is 34.4 Å². The molecule has 6 nitrogen and oxygen atoms in total. The predicted octanol–water partition coefficient (Wildman–Crippen LogP) is 5.54. The van der Waals surface area contributed by atoms with Gasteiger partial charge in [0.25, 0.3) is 0 Å². The molecule has 0 saturated carbocycles. The summed E-state index contributed by atoms with van der Waals surface area (Å²) in [6, 6.07) is 20.6. The van der Waals surface area contributed by atoms with E-state index in [4.69, 9.17) is 24.5 Å². The number of aliphatic hydroxyl groups excluding tert-OH is 1. The highest BCUT2D eigenvalue weighted by Crippen LogP contribution is 2.37. The van der Waals surface area contributed by atoms with Crippen LogP contribution in [-0.2, 0) is 6.54 Å². The van der Waals surface area contributed by atoms with Crippen LogP contribution in [0.3, 0.4) is 0 Å². The summed E-state index contributed by atoms with van der Waals surface area (Å²) in [6.07, 6.45) is 1.10. The van der Waals surface area contributed by atoms with E-state index in [0.29, 0.717) is 44.0 Å². The molecule has 0 unspecified atom stereocenters. The van der Waals surface area contributed by atoms with Crippen LogP contribution in [0.4, 0.5) is 0 Å². The summed E-state index contributed by atoms with van der Waals surface area (Å²) in [5.41, 5.74) is 7.65. The zero-order valence-electron chi connectivity index (χ0n) is 19.6. The molecule has 0 aliphatic rings. The van der Waals surface area contributed by atoms with Gasteiger partial charge in [0.15, 0.2) is 5.58 Å². The molecule has 0 aliphatic heterocycles. The summed E-state index contributed by atoms with van der Waals surface area (Å²) in [4.78, 5) is 4.84. The number of hydrogen-bond acceptors (Lipinski definition) is 6. The molecule has 3 aromatic carbocycles. The maximum absolute atomic E-state index is 9.15. The number of aryl methyl sites for hydroxylation is 1. The number of ether oxygens (including phenoxy) is 1. The number of nitrogens with zero attached hydrogens (tertiary/aromatic N) is 2. The highest BCUT2D eigenvalue weighted by atomic mass is 16.5. The van der Waals surface area contributed by atoms with Crippen molar-refractivity contribution >= 4 is 11.1 Å². The Bertz CT molecular complexity index is 1310. The fraction of sp³-hybridized carbons (Fsp3) is 0.286. The fourth-order valence-corrected chi connectivity index (χ4v) is 4.15. The maximum Gasteiger partial charge on any atom is 0.227 e. The Kier molecular flexibility index (Phi) is 7.58. The highest BCUT2D eigenvalue weighted by molar-refractivity contribution is 5.84. The van der Waals surface area contributed by atoms with Crippen molar-refractivity contribution in [1.82, 2.24) is 10.3 Å². The molecule has 0 aliphatic carbocycles. The van der Waals surface area contributed by atoms with Crippen molar-refractivity contribution in [2.24, 2.45) is 0 Å². The van der Waals surface area contributed by atoms with E-state index in [9.17, 15) is 0 Å². The number of rotatable bonds is 10. The maximum atomic E-state index is 9.15. The Morgan fingerprint density at radius 2 is 1.85 bits per heavy atom. The average molecular weight is 456 g/mol. The number of benzene rings is 3. The van der Waals surface area contributed by atoms with Gasteiger partial charge in [-0.3, -0.25) is 0 Å². The fourth-order valence-electron chi connectivity index (χ4n) is 4.15. The van der Waals surface area contributed by atoms with Crippen LogP contribution in [0.15, 0.2) is 59.0 Å². The largest absolute Gasteiger partial charge is 0.493 e. The molecule has 0 fully saturated rings. The lowest BCUT2D eigenvalue weighted by Gasteiger charge is -2.14. The molecular weight excluding hydrogens is 426 g/mol. The molecular formula is C28H29N3O3. The Morgan fingerprint density at radius 1 is 1.06 bits per heavy atom. The van der Waals surface area contributed by atoms with E-state index >= 15 is 0 Å². The molecule has 0 spiro atoms. The average Bonchev–Trinajstić information content (AvgIpc) is 3.28. The third kappa shape index (κ3) is 4.96. The number of fused-ring (bicyclic) bond motifs is 1. The number of nitriles is 1. The molecule has 2 N–H and O–H groups in total. The van der Waals surface area contributed by atoms with E-state index < -0.39 is 0 Å². The van der Waals surface area contributed by atoms with Crippen LogP contribution in [0.5, 0.6) is 5.75 Å². The van der Waals surface area contributed by atoms with Crippen molar-refractivity contribution in [3.63, 3.8) is 0 Å². The van der Waals surface area contributed by atoms with Crippen LogP contribution in [0, 0.1) is 25.2 Å². The Balaban J connectivity index is 1.75. The van der Waals surface area contributed by atoms with Gasteiger partial charge in [-0.15, -0.1) is 0 Å². The van der Waals surface area contributed by atoms with Gasteiger partial charge < -0.3 is 19.6 Å². The summed E-state index contributed by atoms with van der Waals surface area (Å²) >= 11 is 0. The predicted molar refractivity (Wildman–Crippen MR) is 133 cm³/mol. The van der Waals surface area contributed by atoms with Crippen molar-refractivity contribution in [3.05, 3.63) is 71.3 Å². The lowest BCUT2D eigenvalue weighted by molar-refractivity contribution is 0.289. The van der Waals surface area contributed by atoms with Crippen molar-refractivity contribution in [1.29, 1.82) is 5.26 Å². The Hall–Kier alpha value is -3.66. The minimum Gasteiger partial charge on any atom is -0.493 e. The molecule has 0 bridgehead atoms. The third-order valence-electron chi connectivity index (χ3n) is 5.87. The first-order valence-electron chi connectivity index (χ1n) is 11.5. The molecule has 174 valence electrons. The zero-order chi connectivity index (χ0) is 23.9. The summed E-state index contributed by atoms with van der Waals surface area (Å²) in [5, 5.41) is 21.2. The van der Waals surface area contributed by atoms with E-state index in [1.54, 1.807) is 0 Å². The standard InChI is InChI=1S/C28H29N3O3/c1-19-23(21-9-4-3-5-10-21)11-8-12-24(19)28-31-25-17-22(18-30-14-15-32)26(20(2)27(25)34-28)33-16-7-6-13-29/h3-5,8-12,17,30,32H,6-7,14-16,18H2,1-2H3. The number of aromatic nitrogens is 1. The van der Waals surface area contributed by atoms with Crippen LogP contribution in [0.25, 0.3) is 33.7 Å². The third-order valence-corrected chi connectivity index (χ3v) is 5.87. The molecule has 34 heavy (non-hydrogen) atoms. The molecule has 1 aromatic heterocycles. The lowest BCUT2D eigenvalue weighted by atomic mass is 9.96. The van der Waals surface area contributed by atoms with Crippen LogP contribution in [-0.4, -0.2) is 29.8 Å². The van der Waals surface area contributed by atoms with Crippen molar-refractivity contribution in [2.45, 2.75) is 33.2 Å². The summed E-state index contributed by atoms with van der Waals surface area (Å²) in [6.45, 7) is 5.60. The summed E-state index contributed by atoms with van der Waals surface area (Å²) in [7, 11) is 0. The Labute approximate surface area is 199 Å². The van der Waals surface area contributed by atoms with Gasteiger partial charge in [-0.05, 0) is 49.1 Å². The first-order valence-corrected chi connectivity index (χ1v) is 11.5. The van der Waals surface area contributed by atoms with Crippen LogP contribution in [0.1, 0.15) is 29.5 Å². The molecule has 1 heterocycles. The first kappa shape index (κ1) is 23.5. The SMILES string of the molecule is Cc1c(-c2ccccc2)cccc1-c1nc2cc(CNCCO)c(OCCCC#N)c(C)c2o1. The van der Waals surface area contributed by atoms with Gasteiger partial charge in [0.1, 0.15) is 11.3 Å². The normalized spacial score (nSPS) is 11.0. The van der Waals surface area contributed by atoms with Crippen molar-refractivity contribution in [2.75, 3.05) is 19.8 Å².